The third-order valence-electron chi connectivity index (χ3n) is 4.62. The van der Waals surface area contributed by atoms with Crippen LogP contribution >= 0.6 is 0 Å². The molecule has 140 valence electrons. The van der Waals surface area contributed by atoms with Crippen molar-refractivity contribution in [1.82, 2.24) is 4.90 Å². The number of hydrogen-bond donors (Lipinski definition) is 0. The van der Waals surface area contributed by atoms with Gasteiger partial charge in [0.1, 0.15) is 11.5 Å². The van der Waals surface area contributed by atoms with Gasteiger partial charge in [-0.1, -0.05) is 55.5 Å². The van der Waals surface area contributed by atoms with E-state index in [0.29, 0.717) is 18.7 Å². The summed E-state index contributed by atoms with van der Waals surface area (Å²) < 4.78 is 11.4. The Morgan fingerprint density at radius 2 is 1.70 bits per heavy atom. The van der Waals surface area contributed by atoms with Crippen LogP contribution < -0.4 is 9.47 Å². The molecule has 0 aromatic heterocycles. The number of rotatable bonds is 7. The molecule has 0 fully saturated rings. The molecule has 0 N–H and O–H groups in total. The molecule has 0 saturated carbocycles. The Bertz CT molecular complexity index is 922. The lowest BCUT2D eigenvalue weighted by Gasteiger charge is -2.24. The van der Waals surface area contributed by atoms with Crippen LogP contribution in [-0.4, -0.2) is 31.1 Å². The fourth-order valence-electron chi connectivity index (χ4n) is 3.13. The number of methoxy groups -OCH3 is 1. The van der Waals surface area contributed by atoms with Gasteiger partial charge in [-0.15, -0.1) is 0 Å². The van der Waals surface area contributed by atoms with Crippen LogP contribution in [0, 0.1) is 0 Å². The van der Waals surface area contributed by atoms with Crippen molar-refractivity contribution in [2.45, 2.75) is 26.0 Å². The van der Waals surface area contributed by atoms with E-state index in [1.807, 2.05) is 67.6 Å². The Morgan fingerprint density at radius 3 is 2.44 bits per heavy atom. The van der Waals surface area contributed by atoms with Gasteiger partial charge in [-0.3, -0.25) is 4.79 Å². The van der Waals surface area contributed by atoms with Crippen molar-refractivity contribution in [2.24, 2.45) is 0 Å². The maximum Gasteiger partial charge on any atom is 0.263 e. The summed E-state index contributed by atoms with van der Waals surface area (Å²) in [5, 5.41) is 2.25. The van der Waals surface area contributed by atoms with Gasteiger partial charge in [-0.25, -0.2) is 0 Å². The van der Waals surface area contributed by atoms with Crippen molar-refractivity contribution >= 4 is 16.7 Å². The molecule has 0 aliphatic heterocycles. The number of ether oxygens (including phenoxy) is 2. The third-order valence-corrected chi connectivity index (χ3v) is 4.62. The maximum atomic E-state index is 12.9. The van der Waals surface area contributed by atoms with Gasteiger partial charge in [0.2, 0.25) is 0 Å². The van der Waals surface area contributed by atoms with Crippen molar-refractivity contribution in [3.63, 3.8) is 0 Å². The molecule has 0 radical (unpaired) electrons. The van der Waals surface area contributed by atoms with Crippen LogP contribution in [0.15, 0.2) is 66.7 Å². The number of nitrogens with zero attached hydrogens (tertiary/aromatic N) is 1. The number of likely N-dealkylation sites (N-methyl/N-ethyl adjacent to an activating group) is 1. The number of benzene rings is 3. The lowest BCUT2D eigenvalue weighted by Crippen LogP contribution is -2.39. The molecule has 3 aromatic rings. The van der Waals surface area contributed by atoms with Crippen LogP contribution in [0.1, 0.15) is 18.9 Å². The smallest absolute Gasteiger partial charge is 0.263 e. The Labute approximate surface area is 160 Å². The molecule has 0 aliphatic rings. The van der Waals surface area contributed by atoms with Crippen LogP contribution in [0.2, 0.25) is 0 Å². The van der Waals surface area contributed by atoms with Crippen molar-refractivity contribution in [3.8, 4) is 11.5 Å². The monoisotopic (exact) mass is 363 g/mol. The minimum absolute atomic E-state index is 0.0448. The molecule has 3 aromatic carbocycles. The third kappa shape index (κ3) is 4.40. The highest BCUT2D eigenvalue weighted by Crippen LogP contribution is 2.23. The van der Waals surface area contributed by atoms with Gasteiger partial charge < -0.3 is 14.4 Å². The molecule has 3 rings (SSSR count). The first-order valence-corrected chi connectivity index (χ1v) is 9.14. The number of fused-ring (bicyclic) bond motifs is 1. The highest BCUT2D eigenvalue weighted by Gasteiger charge is 2.23. The zero-order chi connectivity index (χ0) is 19.2. The Hall–Kier alpha value is -3.01. The second kappa shape index (κ2) is 8.58. The highest BCUT2D eigenvalue weighted by atomic mass is 16.5. The molecule has 0 bridgehead atoms. The van der Waals surface area contributed by atoms with Crippen LogP contribution in [0.3, 0.4) is 0 Å². The predicted molar refractivity (Wildman–Crippen MR) is 108 cm³/mol. The van der Waals surface area contributed by atoms with Crippen molar-refractivity contribution < 1.29 is 14.3 Å². The highest BCUT2D eigenvalue weighted by molar-refractivity contribution is 5.84. The number of hydrogen-bond acceptors (Lipinski definition) is 3. The van der Waals surface area contributed by atoms with E-state index in [1.165, 1.54) is 0 Å². The van der Waals surface area contributed by atoms with Crippen molar-refractivity contribution in [3.05, 3.63) is 72.3 Å². The lowest BCUT2D eigenvalue weighted by molar-refractivity contribution is -0.138. The van der Waals surface area contributed by atoms with Gasteiger partial charge in [-0.2, -0.15) is 0 Å². The molecule has 0 spiro atoms. The second-order valence-electron chi connectivity index (χ2n) is 6.53. The Balaban J connectivity index is 1.72. The summed E-state index contributed by atoms with van der Waals surface area (Å²) in [5.74, 6) is 1.44. The first-order valence-electron chi connectivity index (χ1n) is 9.14. The molecule has 0 saturated heterocycles. The molecule has 1 atom stereocenters. The number of carbonyl (C=O) groups is 1. The maximum absolute atomic E-state index is 12.9. The lowest BCUT2D eigenvalue weighted by atomic mass is 10.1. The van der Waals surface area contributed by atoms with Gasteiger partial charge in [0, 0.05) is 19.2 Å². The summed E-state index contributed by atoms with van der Waals surface area (Å²) in [7, 11) is 3.43. The average Bonchev–Trinajstić information content (AvgIpc) is 2.71. The summed E-state index contributed by atoms with van der Waals surface area (Å²) in [4.78, 5) is 14.6. The average molecular weight is 363 g/mol. The van der Waals surface area contributed by atoms with Crippen LogP contribution in [0.4, 0.5) is 0 Å². The standard InChI is InChI=1S/C23H25NO3/c1-4-21(27-20-14-13-17-9-5-6-10-18(17)15-20)23(25)24(2)16-19-11-7-8-12-22(19)26-3/h5-15,21H,4,16H2,1-3H3/t21-/m0/s1. The molecule has 0 unspecified atom stereocenters. The van der Waals surface area contributed by atoms with E-state index in [4.69, 9.17) is 9.47 Å². The zero-order valence-corrected chi connectivity index (χ0v) is 16.0. The van der Waals surface area contributed by atoms with Crippen LogP contribution in [0.5, 0.6) is 11.5 Å². The summed E-state index contributed by atoms with van der Waals surface area (Å²) >= 11 is 0. The molecule has 4 nitrogen and oxygen atoms in total. The largest absolute Gasteiger partial charge is 0.496 e. The minimum atomic E-state index is -0.522. The van der Waals surface area contributed by atoms with Gasteiger partial charge in [-0.05, 0) is 35.4 Å². The zero-order valence-electron chi connectivity index (χ0n) is 16.0. The minimum Gasteiger partial charge on any atom is -0.496 e. The first kappa shape index (κ1) is 18.8. The number of amides is 1. The van der Waals surface area contributed by atoms with Crippen molar-refractivity contribution in [2.75, 3.05) is 14.2 Å². The summed E-state index contributed by atoms with van der Waals surface area (Å²) in [6, 6.07) is 21.7. The number of para-hydroxylation sites is 1. The Morgan fingerprint density at radius 1 is 1.00 bits per heavy atom. The molecule has 4 heteroatoms. The van der Waals surface area contributed by atoms with E-state index in [2.05, 4.69) is 6.07 Å². The van der Waals surface area contributed by atoms with E-state index in [0.717, 1.165) is 22.1 Å². The normalized spacial score (nSPS) is 11.8. The van der Waals surface area contributed by atoms with E-state index < -0.39 is 6.10 Å². The molecular formula is C23H25NO3. The van der Waals surface area contributed by atoms with Gasteiger partial charge in [0.15, 0.2) is 6.10 Å². The second-order valence-corrected chi connectivity index (χ2v) is 6.53. The summed E-state index contributed by atoms with van der Waals surface area (Å²) in [6.07, 6.45) is 0.0768. The fraction of sp³-hybridized carbons (Fsp3) is 0.261. The topological polar surface area (TPSA) is 38.8 Å². The number of carbonyl (C=O) groups excluding carboxylic acids is 1. The predicted octanol–water partition coefficient (Wildman–Crippen LogP) is 4.66. The fourth-order valence-corrected chi connectivity index (χ4v) is 3.13. The van der Waals surface area contributed by atoms with E-state index in [1.54, 1.807) is 19.1 Å². The van der Waals surface area contributed by atoms with E-state index in [9.17, 15) is 4.79 Å². The SMILES string of the molecule is CC[C@H](Oc1ccc2ccccc2c1)C(=O)N(C)Cc1ccccc1OC. The Kier molecular flexibility index (Phi) is 5.97. The van der Waals surface area contributed by atoms with E-state index >= 15 is 0 Å². The molecule has 1 amide bonds. The molecule has 27 heavy (non-hydrogen) atoms. The van der Waals surface area contributed by atoms with Crippen molar-refractivity contribution in [1.29, 1.82) is 0 Å². The van der Waals surface area contributed by atoms with E-state index in [-0.39, 0.29) is 5.91 Å². The first-order chi connectivity index (χ1) is 13.1. The van der Waals surface area contributed by atoms with Gasteiger partial charge in [0.25, 0.3) is 5.91 Å². The quantitative estimate of drug-likeness (QED) is 0.613. The molecule has 0 aliphatic carbocycles. The van der Waals surface area contributed by atoms with Crippen LogP contribution in [-0.2, 0) is 11.3 Å². The van der Waals surface area contributed by atoms with Gasteiger partial charge in [0.05, 0.1) is 7.11 Å². The molecular weight excluding hydrogens is 338 g/mol. The van der Waals surface area contributed by atoms with Gasteiger partial charge >= 0.3 is 0 Å². The van der Waals surface area contributed by atoms with Crippen LogP contribution in [0.25, 0.3) is 10.8 Å². The summed E-state index contributed by atoms with van der Waals surface area (Å²) in [5.41, 5.74) is 0.969. The summed E-state index contributed by atoms with van der Waals surface area (Å²) in [6.45, 7) is 2.43. The molecule has 0 heterocycles.